The number of hydrogen-bond donors (Lipinski definition) is 1. The van der Waals surface area contributed by atoms with Gasteiger partial charge in [-0.1, -0.05) is 25.0 Å². The highest BCUT2D eigenvalue weighted by Gasteiger charge is 2.24. The van der Waals surface area contributed by atoms with Crippen LogP contribution in [0.5, 0.6) is 5.75 Å². The molecule has 1 fully saturated rings. The average molecular weight is 291 g/mol. The number of nitrogens with one attached hydrogen (secondary N) is 1. The van der Waals surface area contributed by atoms with Crippen LogP contribution < -0.4 is 10.1 Å². The van der Waals surface area contributed by atoms with E-state index in [1.54, 1.807) is 12.1 Å². The molecule has 0 spiro atoms. The Morgan fingerprint density at radius 2 is 1.95 bits per heavy atom. The van der Waals surface area contributed by atoms with Crippen molar-refractivity contribution in [1.29, 1.82) is 0 Å². The van der Waals surface area contributed by atoms with Crippen molar-refractivity contribution < 1.29 is 19.1 Å². The van der Waals surface area contributed by atoms with Gasteiger partial charge in [-0.25, -0.2) is 0 Å². The second kappa shape index (κ2) is 7.67. The Labute approximate surface area is 124 Å². The van der Waals surface area contributed by atoms with Gasteiger partial charge in [-0.3, -0.25) is 9.59 Å². The predicted molar refractivity (Wildman–Crippen MR) is 79.2 cm³/mol. The average Bonchev–Trinajstić information content (AvgIpc) is 3.01. The molecule has 0 unspecified atom stereocenters. The maximum Gasteiger partial charge on any atom is 0.309 e. The summed E-state index contributed by atoms with van der Waals surface area (Å²) in [5, 5.41) is 2.70. The van der Waals surface area contributed by atoms with Crippen molar-refractivity contribution in [1.82, 2.24) is 0 Å². The summed E-state index contributed by atoms with van der Waals surface area (Å²) >= 11 is 0. The minimum Gasteiger partial charge on any atom is -0.492 e. The van der Waals surface area contributed by atoms with Crippen LogP contribution in [0.3, 0.4) is 0 Å². The molecular weight excluding hydrogens is 270 g/mol. The number of para-hydroxylation sites is 2. The first-order valence-corrected chi connectivity index (χ1v) is 7.39. The minimum atomic E-state index is -0.353. The molecule has 0 saturated heterocycles. The van der Waals surface area contributed by atoms with Crippen molar-refractivity contribution >= 4 is 17.6 Å². The molecule has 1 aromatic rings. The van der Waals surface area contributed by atoms with Gasteiger partial charge < -0.3 is 14.8 Å². The first kappa shape index (κ1) is 15.4. The summed E-state index contributed by atoms with van der Waals surface area (Å²) in [7, 11) is 0. The molecule has 5 nitrogen and oxygen atoms in total. The molecule has 1 aromatic carbocycles. The highest BCUT2D eigenvalue weighted by atomic mass is 16.5. The van der Waals surface area contributed by atoms with Crippen LogP contribution in [0, 0.1) is 5.92 Å². The Kier molecular flexibility index (Phi) is 5.60. The van der Waals surface area contributed by atoms with Crippen molar-refractivity contribution in [3.05, 3.63) is 24.3 Å². The lowest BCUT2D eigenvalue weighted by Gasteiger charge is -2.12. The van der Waals surface area contributed by atoms with Gasteiger partial charge in [-0.2, -0.15) is 0 Å². The third-order valence-corrected chi connectivity index (χ3v) is 3.50. The van der Waals surface area contributed by atoms with Crippen LogP contribution in [0.15, 0.2) is 24.3 Å². The lowest BCUT2D eigenvalue weighted by molar-refractivity contribution is -0.151. The fourth-order valence-electron chi connectivity index (χ4n) is 2.45. The van der Waals surface area contributed by atoms with Crippen LogP contribution in [-0.4, -0.2) is 25.1 Å². The van der Waals surface area contributed by atoms with Crippen LogP contribution in [0.4, 0.5) is 5.69 Å². The molecule has 0 heterocycles. The second-order valence-corrected chi connectivity index (χ2v) is 5.07. The topological polar surface area (TPSA) is 64.6 Å². The zero-order chi connectivity index (χ0) is 15.1. The summed E-state index contributed by atoms with van der Waals surface area (Å²) < 4.78 is 10.5. The monoisotopic (exact) mass is 291 g/mol. The van der Waals surface area contributed by atoms with Gasteiger partial charge in [-0.05, 0) is 31.9 Å². The highest BCUT2D eigenvalue weighted by Crippen LogP contribution is 2.26. The first-order chi connectivity index (χ1) is 10.2. The summed E-state index contributed by atoms with van der Waals surface area (Å²) in [5.41, 5.74) is 0.585. The van der Waals surface area contributed by atoms with Crippen molar-refractivity contribution in [3.63, 3.8) is 0 Å². The lowest BCUT2D eigenvalue weighted by Crippen LogP contribution is -2.24. The standard InChI is InChI=1S/C16H21NO4/c1-2-20-14-10-6-5-9-13(14)17-15(18)11-21-16(19)12-7-3-4-8-12/h5-6,9-10,12H,2-4,7-8,11H2,1H3,(H,17,18). The Morgan fingerprint density at radius 3 is 2.67 bits per heavy atom. The maximum absolute atomic E-state index is 11.8. The predicted octanol–water partition coefficient (Wildman–Crippen LogP) is 2.76. The zero-order valence-electron chi connectivity index (χ0n) is 12.3. The Balaban J connectivity index is 1.82. The third-order valence-electron chi connectivity index (χ3n) is 3.50. The molecule has 0 atom stereocenters. The van der Waals surface area contributed by atoms with E-state index in [0.717, 1.165) is 25.7 Å². The molecule has 5 heteroatoms. The maximum atomic E-state index is 11.8. The van der Waals surface area contributed by atoms with Crippen LogP contribution >= 0.6 is 0 Å². The number of benzene rings is 1. The quantitative estimate of drug-likeness (QED) is 0.818. The fourth-order valence-corrected chi connectivity index (χ4v) is 2.45. The Hall–Kier alpha value is -2.04. The summed E-state index contributed by atoms with van der Waals surface area (Å²) in [6.45, 7) is 2.14. The number of hydrogen-bond acceptors (Lipinski definition) is 4. The van der Waals surface area contributed by atoms with Gasteiger partial charge in [0.25, 0.3) is 5.91 Å². The number of carbonyl (C=O) groups is 2. The molecule has 21 heavy (non-hydrogen) atoms. The number of carbonyl (C=O) groups excluding carboxylic acids is 2. The lowest BCUT2D eigenvalue weighted by atomic mass is 10.1. The fraction of sp³-hybridized carbons (Fsp3) is 0.500. The van der Waals surface area contributed by atoms with Crippen molar-refractivity contribution in [2.45, 2.75) is 32.6 Å². The van der Waals surface area contributed by atoms with Gasteiger partial charge in [-0.15, -0.1) is 0 Å². The van der Waals surface area contributed by atoms with Gasteiger partial charge >= 0.3 is 5.97 Å². The molecule has 1 aliphatic rings. The van der Waals surface area contributed by atoms with Crippen LogP contribution in [-0.2, 0) is 14.3 Å². The van der Waals surface area contributed by atoms with Gasteiger partial charge in [0, 0.05) is 0 Å². The van der Waals surface area contributed by atoms with Crippen molar-refractivity contribution in [3.8, 4) is 5.75 Å². The number of ether oxygens (including phenoxy) is 2. The molecule has 2 rings (SSSR count). The molecule has 1 N–H and O–H groups in total. The molecule has 0 aliphatic heterocycles. The summed E-state index contributed by atoms with van der Waals surface area (Å²) in [6, 6.07) is 7.18. The molecule has 0 aromatic heterocycles. The summed E-state index contributed by atoms with van der Waals surface area (Å²) in [6.07, 6.45) is 3.86. The third kappa shape index (κ3) is 4.48. The number of esters is 1. The van der Waals surface area contributed by atoms with E-state index in [1.807, 2.05) is 19.1 Å². The number of anilines is 1. The Morgan fingerprint density at radius 1 is 1.24 bits per heavy atom. The summed E-state index contributed by atoms with van der Waals surface area (Å²) in [4.78, 5) is 23.6. The molecule has 1 amide bonds. The van der Waals surface area contributed by atoms with Crippen molar-refractivity contribution in [2.75, 3.05) is 18.5 Å². The smallest absolute Gasteiger partial charge is 0.309 e. The van der Waals surface area contributed by atoms with Gasteiger partial charge in [0.05, 0.1) is 18.2 Å². The van der Waals surface area contributed by atoms with Gasteiger partial charge in [0.2, 0.25) is 0 Å². The second-order valence-electron chi connectivity index (χ2n) is 5.07. The zero-order valence-corrected chi connectivity index (χ0v) is 12.3. The number of amides is 1. The van der Waals surface area contributed by atoms with E-state index in [-0.39, 0.29) is 24.4 Å². The Bertz CT molecular complexity index is 495. The molecule has 0 radical (unpaired) electrons. The van der Waals surface area contributed by atoms with E-state index < -0.39 is 0 Å². The van der Waals surface area contributed by atoms with E-state index in [0.29, 0.717) is 18.0 Å². The minimum absolute atomic E-state index is 0.0338. The van der Waals surface area contributed by atoms with Crippen LogP contribution in [0.1, 0.15) is 32.6 Å². The molecular formula is C16H21NO4. The normalized spacial score (nSPS) is 14.7. The number of rotatable bonds is 6. The molecule has 1 saturated carbocycles. The highest BCUT2D eigenvalue weighted by molar-refractivity contribution is 5.94. The van der Waals surface area contributed by atoms with E-state index in [9.17, 15) is 9.59 Å². The molecule has 0 bridgehead atoms. The van der Waals surface area contributed by atoms with Gasteiger partial charge in [0.15, 0.2) is 6.61 Å². The van der Waals surface area contributed by atoms with Gasteiger partial charge in [0.1, 0.15) is 5.75 Å². The van der Waals surface area contributed by atoms with E-state index in [2.05, 4.69) is 5.32 Å². The first-order valence-electron chi connectivity index (χ1n) is 7.39. The van der Waals surface area contributed by atoms with E-state index in [1.165, 1.54) is 0 Å². The summed E-state index contributed by atoms with van der Waals surface area (Å²) in [5.74, 6) is -0.0433. The van der Waals surface area contributed by atoms with Crippen molar-refractivity contribution in [2.24, 2.45) is 5.92 Å². The van der Waals surface area contributed by atoms with Crippen LogP contribution in [0.25, 0.3) is 0 Å². The molecule has 114 valence electrons. The van der Waals surface area contributed by atoms with E-state index >= 15 is 0 Å². The van der Waals surface area contributed by atoms with E-state index in [4.69, 9.17) is 9.47 Å². The van der Waals surface area contributed by atoms with Crippen LogP contribution in [0.2, 0.25) is 0 Å². The SMILES string of the molecule is CCOc1ccccc1NC(=O)COC(=O)C1CCCC1. The molecule has 1 aliphatic carbocycles. The largest absolute Gasteiger partial charge is 0.492 e.